The molecule has 4 rings (SSSR count). The third-order valence-electron chi connectivity index (χ3n) is 4.83. The molecule has 1 aliphatic rings. The predicted molar refractivity (Wildman–Crippen MR) is 110 cm³/mol. The molecule has 1 aliphatic heterocycles. The van der Waals surface area contributed by atoms with Crippen LogP contribution in [-0.4, -0.2) is 25.1 Å². The molecular weight excluding hydrogens is 368 g/mol. The largest absolute Gasteiger partial charge is 0.508 e. The summed E-state index contributed by atoms with van der Waals surface area (Å²) < 4.78 is 16.7. The van der Waals surface area contributed by atoms with Crippen molar-refractivity contribution >= 4 is 11.9 Å². The SMILES string of the molecule is COc1ccc(C=C2C(=O)c3cc(O)ccc3OC2c2cccc(OC)c2)cc1. The zero-order valence-electron chi connectivity index (χ0n) is 16.1. The minimum Gasteiger partial charge on any atom is -0.508 e. The van der Waals surface area contributed by atoms with Gasteiger partial charge in [0.1, 0.15) is 23.0 Å². The van der Waals surface area contributed by atoms with Crippen LogP contribution < -0.4 is 14.2 Å². The summed E-state index contributed by atoms with van der Waals surface area (Å²) in [6.07, 6.45) is 1.20. The summed E-state index contributed by atoms with van der Waals surface area (Å²) in [5.41, 5.74) is 2.45. The maximum absolute atomic E-state index is 13.3. The lowest BCUT2D eigenvalue weighted by atomic mass is 9.89. The zero-order chi connectivity index (χ0) is 20.4. The molecule has 0 saturated carbocycles. The van der Waals surface area contributed by atoms with Gasteiger partial charge in [-0.3, -0.25) is 4.79 Å². The van der Waals surface area contributed by atoms with Crippen LogP contribution in [0.5, 0.6) is 23.0 Å². The molecule has 1 atom stereocenters. The number of phenolic OH excluding ortho intramolecular Hbond substituents is 1. The second-order valence-electron chi connectivity index (χ2n) is 6.66. The monoisotopic (exact) mass is 388 g/mol. The van der Waals surface area contributed by atoms with E-state index in [0.29, 0.717) is 22.6 Å². The van der Waals surface area contributed by atoms with Gasteiger partial charge in [0.2, 0.25) is 0 Å². The molecule has 5 nitrogen and oxygen atoms in total. The lowest BCUT2D eigenvalue weighted by molar-refractivity contribution is 0.0962. The molecule has 1 unspecified atom stereocenters. The molecule has 3 aromatic carbocycles. The van der Waals surface area contributed by atoms with E-state index in [9.17, 15) is 9.90 Å². The van der Waals surface area contributed by atoms with Crippen LogP contribution in [-0.2, 0) is 0 Å². The zero-order valence-corrected chi connectivity index (χ0v) is 16.1. The van der Waals surface area contributed by atoms with Gasteiger partial charge in [-0.2, -0.15) is 0 Å². The van der Waals surface area contributed by atoms with Crippen LogP contribution in [0.15, 0.2) is 72.3 Å². The molecule has 0 aromatic heterocycles. The number of fused-ring (bicyclic) bond motifs is 1. The van der Waals surface area contributed by atoms with Crippen LogP contribution >= 0.6 is 0 Å². The highest BCUT2D eigenvalue weighted by Gasteiger charge is 2.33. The third-order valence-corrected chi connectivity index (χ3v) is 4.83. The Morgan fingerprint density at radius 1 is 0.931 bits per heavy atom. The number of phenols is 1. The first-order valence-corrected chi connectivity index (χ1v) is 9.13. The molecule has 5 heteroatoms. The van der Waals surface area contributed by atoms with Crippen molar-refractivity contribution in [1.82, 2.24) is 0 Å². The number of ether oxygens (including phenoxy) is 3. The standard InChI is InChI=1S/C24H20O5/c1-27-18-9-6-15(7-10-18)12-21-23(26)20-14-17(25)8-11-22(20)29-24(21)16-4-3-5-19(13-16)28-2/h3-14,24-25H,1-2H3. The fraction of sp³-hybridized carbons (Fsp3) is 0.125. The smallest absolute Gasteiger partial charge is 0.196 e. The van der Waals surface area contributed by atoms with Gasteiger partial charge in [-0.1, -0.05) is 24.3 Å². The topological polar surface area (TPSA) is 65.0 Å². The molecule has 146 valence electrons. The number of benzene rings is 3. The number of ketones is 1. The molecular formula is C24H20O5. The maximum atomic E-state index is 13.3. The van der Waals surface area contributed by atoms with Crippen LogP contribution in [0.4, 0.5) is 0 Å². The first-order valence-electron chi connectivity index (χ1n) is 9.13. The lowest BCUT2D eigenvalue weighted by Crippen LogP contribution is -2.23. The molecule has 1 heterocycles. The number of carbonyl (C=O) groups is 1. The van der Waals surface area contributed by atoms with Gasteiger partial charge in [-0.05, 0) is 54.1 Å². The fourth-order valence-electron chi connectivity index (χ4n) is 3.34. The highest BCUT2D eigenvalue weighted by Crippen LogP contribution is 2.41. The van der Waals surface area contributed by atoms with Gasteiger partial charge in [0.25, 0.3) is 0 Å². The minimum absolute atomic E-state index is 0.0179. The normalized spacial score (nSPS) is 16.8. The van der Waals surface area contributed by atoms with Crippen molar-refractivity contribution in [1.29, 1.82) is 0 Å². The van der Waals surface area contributed by atoms with Crippen LogP contribution in [0.25, 0.3) is 6.08 Å². The Morgan fingerprint density at radius 3 is 2.41 bits per heavy atom. The van der Waals surface area contributed by atoms with Crippen LogP contribution in [0.1, 0.15) is 27.6 Å². The average molecular weight is 388 g/mol. The number of hydrogen-bond acceptors (Lipinski definition) is 5. The Balaban J connectivity index is 1.84. The summed E-state index contributed by atoms with van der Waals surface area (Å²) in [5, 5.41) is 9.83. The van der Waals surface area contributed by atoms with Gasteiger partial charge >= 0.3 is 0 Å². The number of rotatable bonds is 4. The predicted octanol–water partition coefficient (Wildman–Crippen LogP) is 4.81. The van der Waals surface area contributed by atoms with E-state index < -0.39 is 6.10 Å². The van der Waals surface area contributed by atoms with Gasteiger partial charge in [-0.15, -0.1) is 0 Å². The maximum Gasteiger partial charge on any atom is 0.196 e. The van der Waals surface area contributed by atoms with Crippen molar-refractivity contribution in [3.63, 3.8) is 0 Å². The Bertz CT molecular complexity index is 1080. The molecule has 29 heavy (non-hydrogen) atoms. The van der Waals surface area contributed by atoms with Crippen LogP contribution in [0.2, 0.25) is 0 Å². The molecule has 0 spiro atoms. The molecule has 1 N–H and O–H groups in total. The summed E-state index contributed by atoms with van der Waals surface area (Å²) in [5.74, 6) is 1.68. The van der Waals surface area contributed by atoms with Crippen molar-refractivity contribution in [2.45, 2.75) is 6.10 Å². The van der Waals surface area contributed by atoms with E-state index in [2.05, 4.69) is 0 Å². The van der Waals surface area contributed by atoms with Gasteiger partial charge < -0.3 is 19.3 Å². The van der Waals surface area contributed by atoms with E-state index in [4.69, 9.17) is 14.2 Å². The van der Waals surface area contributed by atoms with Crippen molar-refractivity contribution in [3.8, 4) is 23.0 Å². The average Bonchev–Trinajstić information content (AvgIpc) is 2.76. The summed E-state index contributed by atoms with van der Waals surface area (Å²) >= 11 is 0. The quantitative estimate of drug-likeness (QED) is 0.650. The number of Topliss-reactive ketones (excluding diaryl/α,β-unsaturated/α-hetero) is 1. The van der Waals surface area contributed by atoms with E-state index in [1.807, 2.05) is 48.5 Å². The van der Waals surface area contributed by atoms with Crippen molar-refractivity contribution in [3.05, 3.63) is 89.0 Å². The van der Waals surface area contributed by atoms with Gasteiger partial charge in [-0.25, -0.2) is 0 Å². The minimum atomic E-state index is -0.600. The van der Waals surface area contributed by atoms with Crippen molar-refractivity contribution in [2.75, 3.05) is 14.2 Å². The number of hydrogen-bond donors (Lipinski definition) is 1. The second kappa shape index (κ2) is 7.72. The summed E-state index contributed by atoms with van der Waals surface area (Å²) in [6, 6.07) is 19.4. The van der Waals surface area contributed by atoms with E-state index in [-0.39, 0.29) is 11.5 Å². The van der Waals surface area contributed by atoms with E-state index in [1.54, 1.807) is 26.4 Å². The Kier molecular flexibility index (Phi) is 4.96. The highest BCUT2D eigenvalue weighted by atomic mass is 16.5. The lowest BCUT2D eigenvalue weighted by Gasteiger charge is -2.28. The number of methoxy groups -OCH3 is 2. The molecule has 0 radical (unpaired) electrons. The summed E-state index contributed by atoms with van der Waals surface area (Å²) in [7, 11) is 3.20. The molecule has 0 aliphatic carbocycles. The number of carbonyl (C=O) groups excluding carboxylic acids is 1. The second-order valence-corrected chi connectivity index (χ2v) is 6.66. The van der Waals surface area contributed by atoms with Gasteiger partial charge in [0.15, 0.2) is 11.9 Å². The van der Waals surface area contributed by atoms with Gasteiger partial charge in [0, 0.05) is 11.1 Å². The molecule has 0 bridgehead atoms. The van der Waals surface area contributed by atoms with Crippen molar-refractivity contribution in [2.24, 2.45) is 0 Å². The summed E-state index contributed by atoms with van der Waals surface area (Å²) in [4.78, 5) is 13.3. The molecule has 0 saturated heterocycles. The van der Waals surface area contributed by atoms with E-state index >= 15 is 0 Å². The molecule has 0 amide bonds. The molecule has 0 fully saturated rings. The Hall–Kier alpha value is -3.73. The molecule has 3 aromatic rings. The Morgan fingerprint density at radius 2 is 1.69 bits per heavy atom. The highest BCUT2D eigenvalue weighted by molar-refractivity contribution is 6.14. The van der Waals surface area contributed by atoms with Gasteiger partial charge in [0.05, 0.1) is 19.8 Å². The summed E-state index contributed by atoms with van der Waals surface area (Å²) in [6.45, 7) is 0. The van der Waals surface area contributed by atoms with Crippen molar-refractivity contribution < 1.29 is 24.1 Å². The van der Waals surface area contributed by atoms with E-state index in [0.717, 1.165) is 16.9 Å². The third kappa shape index (κ3) is 3.67. The Labute approximate surface area is 168 Å². The van der Waals surface area contributed by atoms with Crippen LogP contribution in [0, 0.1) is 0 Å². The number of aromatic hydroxyl groups is 1. The first-order chi connectivity index (χ1) is 14.1. The first kappa shape index (κ1) is 18.6. The van der Waals surface area contributed by atoms with E-state index in [1.165, 1.54) is 12.1 Å². The van der Waals surface area contributed by atoms with Crippen LogP contribution in [0.3, 0.4) is 0 Å². The fourth-order valence-corrected chi connectivity index (χ4v) is 3.34.